The highest BCUT2D eigenvalue weighted by Gasteiger charge is 2.10. The molecule has 80 valence electrons. The molecule has 2 aromatic heterocycles. The number of hydrogen-bond acceptors (Lipinski definition) is 4. The molecule has 4 nitrogen and oxygen atoms in total. The van der Waals surface area contributed by atoms with E-state index in [0.29, 0.717) is 5.56 Å². The Kier molecular flexibility index (Phi) is 4.17. The smallest absolute Gasteiger partial charge is 0.162 e. The number of nitrogens with zero attached hydrogens (tertiary/aromatic N) is 3. The number of thiophene rings is 1. The minimum Gasteiger partial charge on any atom is -0.294 e. The van der Waals surface area contributed by atoms with Crippen LogP contribution in [0.5, 0.6) is 0 Å². The molecule has 2 heterocycles. The highest BCUT2D eigenvalue weighted by Crippen LogP contribution is 2.20. The Bertz CT molecular complexity index is 420. The Hall–Kier alpha value is -1.49. The van der Waals surface area contributed by atoms with Crippen molar-refractivity contribution in [2.45, 2.75) is 20.8 Å². The summed E-state index contributed by atoms with van der Waals surface area (Å²) in [5, 5.41) is 10.6. The molecule has 0 atom stereocenters. The van der Waals surface area contributed by atoms with Gasteiger partial charge in [-0.3, -0.25) is 4.79 Å². The van der Waals surface area contributed by atoms with Gasteiger partial charge < -0.3 is 0 Å². The summed E-state index contributed by atoms with van der Waals surface area (Å²) in [5.74, 6) is 0.0357. The molecular formula is C10H13N3OS. The number of ketones is 1. The Morgan fingerprint density at radius 2 is 1.93 bits per heavy atom. The predicted molar refractivity (Wildman–Crippen MR) is 60.6 cm³/mol. The third-order valence-electron chi connectivity index (χ3n) is 1.62. The molecule has 0 fully saturated rings. The molecule has 0 aliphatic rings. The molecule has 0 radical (unpaired) electrons. The lowest BCUT2D eigenvalue weighted by Crippen LogP contribution is -2.01. The Morgan fingerprint density at radius 3 is 2.47 bits per heavy atom. The van der Waals surface area contributed by atoms with Gasteiger partial charge in [0.1, 0.15) is 5.00 Å². The van der Waals surface area contributed by atoms with E-state index in [0.717, 1.165) is 5.00 Å². The molecule has 2 aromatic rings. The molecular weight excluding hydrogens is 210 g/mol. The van der Waals surface area contributed by atoms with Crippen LogP contribution in [0.25, 0.3) is 5.00 Å². The van der Waals surface area contributed by atoms with E-state index in [2.05, 4.69) is 10.2 Å². The highest BCUT2D eigenvalue weighted by atomic mass is 32.1. The van der Waals surface area contributed by atoms with E-state index in [1.54, 1.807) is 18.5 Å². The second-order valence-electron chi connectivity index (χ2n) is 2.51. The third kappa shape index (κ3) is 2.50. The van der Waals surface area contributed by atoms with Gasteiger partial charge in [-0.25, -0.2) is 0 Å². The average molecular weight is 223 g/mol. The van der Waals surface area contributed by atoms with Crippen LogP contribution in [-0.2, 0) is 0 Å². The molecule has 0 N–H and O–H groups in total. The van der Waals surface area contributed by atoms with Crippen molar-refractivity contribution in [2.75, 3.05) is 0 Å². The molecule has 0 bridgehead atoms. The Balaban J connectivity index is 0.000000531. The molecule has 5 heteroatoms. The Morgan fingerprint density at radius 1 is 1.33 bits per heavy atom. The summed E-state index contributed by atoms with van der Waals surface area (Å²) in [5.41, 5.74) is 0.668. The van der Waals surface area contributed by atoms with Crippen molar-refractivity contribution in [2.24, 2.45) is 0 Å². The van der Waals surface area contributed by atoms with Crippen molar-refractivity contribution in [3.63, 3.8) is 0 Å². The lowest BCUT2D eigenvalue weighted by molar-refractivity contribution is 0.101. The highest BCUT2D eigenvalue weighted by molar-refractivity contribution is 7.12. The van der Waals surface area contributed by atoms with Crippen molar-refractivity contribution in [3.05, 3.63) is 29.4 Å². The molecule has 0 unspecified atom stereocenters. The standard InChI is InChI=1S/C8H7N3OS.C2H6/c1-6(12)7-2-5-13-8(7)11-9-3-4-10-11;1-2/h2-5H,1H3;1-2H3. The van der Waals surface area contributed by atoms with E-state index in [4.69, 9.17) is 0 Å². The normalized spacial score (nSPS) is 9.27. The summed E-state index contributed by atoms with van der Waals surface area (Å²) in [7, 11) is 0. The van der Waals surface area contributed by atoms with Gasteiger partial charge >= 0.3 is 0 Å². The van der Waals surface area contributed by atoms with Crippen molar-refractivity contribution in [1.82, 2.24) is 15.0 Å². The third-order valence-corrected chi connectivity index (χ3v) is 2.50. The molecule has 2 rings (SSSR count). The van der Waals surface area contributed by atoms with Crippen LogP contribution in [0.4, 0.5) is 0 Å². The SMILES string of the molecule is CC.CC(=O)c1ccsc1-n1nccn1. The fourth-order valence-electron chi connectivity index (χ4n) is 1.04. The minimum absolute atomic E-state index is 0.0357. The summed E-state index contributed by atoms with van der Waals surface area (Å²) in [6.07, 6.45) is 3.17. The summed E-state index contributed by atoms with van der Waals surface area (Å²) in [6.45, 7) is 5.54. The summed E-state index contributed by atoms with van der Waals surface area (Å²) >= 11 is 1.45. The van der Waals surface area contributed by atoms with E-state index in [1.165, 1.54) is 23.1 Å². The van der Waals surface area contributed by atoms with Gasteiger partial charge in [-0.2, -0.15) is 10.2 Å². The number of rotatable bonds is 2. The zero-order chi connectivity index (χ0) is 11.3. The fourth-order valence-corrected chi connectivity index (χ4v) is 1.91. The summed E-state index contributed by atoms with van der Waals surface area (Å²) in [4.78, 5) is 12.6. The van der Waals surface area contributed by atoms with Gasteiger partial charge in [0.2, 0.25) is 0 Å². The second-order valence-corrected chi connectivity index (χ2v) is 3.41. The van der Waals surface area contributed by atoms with Crippen molar-refractivity contribution < 1.29 is 4.79 Å². The summed E-state index contributed by atoms with van der Waals surface area (Å²) in [6, 6.07) is 1.78. The van der Waals surface area contributed by atoms with E-state index < -0.39 is 0 Å². The molecule has 0 aliphatic heterocycles. The van der Waals surface area contributed by atoms with Crippen molar-refractivity contribution >= 4 is 17.1 Å². The van der Waals surface area contributed by atoms with E-state index >= 15 is 0 Å². The first kappa shape index (κ1) is 11.6. The first-order valence-corrected chi connectivity index (χ1v) is 5.62. The number of Topliss-reactive ketones (excluding diaryl/α,β-unsaturated/α-hetero) is 1. The largest absolute Gasteiger partial charge is 0.294 e. The maximum atomic E-state index is 11.2. The maximum Gasteiger partial charge on any atom is 0.162 e. The molecule has 0 saturated heterocycles. The minimum atomic E-state index is 0.0357. The van der Waals surface area contributed by atoms with Gasteiger partial charge in [-0.05, 0) is 18.4 Å². The van der Waals surface area contributed by atoms with Crippen LogP contribution >= 0.6 is 11.3 Å². The lowest BCUT2D eigenvalue weighted by atomic mass is 10.2. The maximum absolute atomic E-state index is 11.2. The molecule has 0 spiro atoms. The van der Waals surface area contributed by atoms with Gasteiger partial charge in [0.25, 0.3) is 0 Å². The van der Waals surface area contributed by atoms with Gasteiger partial charge in [-0.15, -0.1) is 16.1 Å². The summed E-state index contributed by atoms with van der Waals surface area (Å²) < 4.78 is 0. The Labute approximate surface area is 92.6 Å². The number of carbonyl (C=O) groups excluding carboxylic acids is 1. The molecule has 0 aliphatic carbocycles. The predicted octanol–water partition coefficient (Wildman–Crippen LogP) is 2.56. The van der Waals surface area contributed by atoms with Crippen LogP contribution in [0.2, 0.25) is 0 Å². The van der Waals surface area contributed by atoms with Crippen LogP contribution < -0.4 is 0 Å². The topological polar surface area (TPSA) is 47.8 Å². The molecule has 0 aromatic carbocycles. The first-order valence-electron chi connectivity index (χ1n) is 4.74. The van der Waals surface area contributed by atoms with Gasteiger partial charge in [0, 0.05) is 0 Å². The zero-order valence-electron chi connectivity index (χ0n) is 8.97. The van der Waals surface area contributed by atoms with Crippen LogP contribution in [0, 0.1) is 0 Å². The molecule has 15 heavy (non-hydrogen) atoms. The average Bonchev–Trinajstić information content (AvgIpc) is 2.91. The second kappa shape index (κ2) is 5.41. The van der Waals surface area contributed by atoms with Gasteiger partial charge in [0.05, 0.1) is 18.0 Å². The molecule has 0 saturated carbocycles. The monoisotopic (exact) mass is 223 g/mol. The lowest BCUT2D eigenvalue weighted by Gasteiger charge is -1.96. The number of hydrogen-bond donors (Lipinski definition) is 0. The van der Waals surface area contributed by atoms with Crippen LogP contribution in [-0.4, -0.2) is 20.8 Å². The van der Waals surface area contributed by atoms with E-state index in [9.17, 15) is 4.79 Å². The van der Waals surface area contributed by atoms with Crippen molar-refractivity contribution in [1.29, 1.82) is 0 Å². The van der Waals surface area contributed by atoms with Gasteiger partial charge in [0.15, 0.2) is 5.78 Å². The van der Waals surface area contributed by atoms with Crippen LogP contribution in [0.1, 0.15) is 31.1 Å². The van der Waals surface area contributed by atoms with Crippen molar-refractivity contribution in [3.8, 4) is 5.00 Å². The van der Waals surface area contributed by atoms with Gasteiger partial charge in [-0.1, -0.05) is 13.8 Å². The van der Waals surface area contributed by atoms with E-state index in [1.807, 2.05) is 19.2 Å². The van der Waals surface area contributed by atoms with E-state index in [-0.39, 0.29) is 5.78 Å². The fraction of sp³-hybridized carbons (Fsp3) is 0.300. The quantitative estimate of drug-likeness (QED) is 0.735. The first-order chi connectivity index (χ1) is 7.29. The van der Waals surface area contributed by atoms with Crippen LogP contribution in [0.3, 0.4) is 0 Å². The number of aromatic nitrogens is 3. The number of carbonyl (C=O) groups is 1. The zero-order valence-corrected chi connectivity index (χ0v) is 9.78. The van der Waals surface area contributed by atoms with Crippen LogP contribution in [0.15, 0.2) is 23.8 Å². The molecule has 0 amide bonds.